The van der Waals surface area contributed by atoms with Gasteiger partial charge >= 0.3 is 5.97 Å². The Hall–Kier alpha value is -2.00. The van der Waals surface area contributed by atoms with Crippen molar-refractivity contribution in [2.24, 2.45) is 0 Å². The molecule has 2 aromatic carbocycles. The molecule has 0 unspecified atom stereocenters. The molecule has 0 atom stereocenters. The number of carbonyl (C=O) groups is 1. The van der Waals surface area contributed by atoms with Crippen molar-refractivity contribution in [3.05, 3.63) is 64.2 Å². The number of para-hydroxylation sites is 1. The lowest BCUT2D eigenvalue weighted by Gasteiger charge is -2.12. The Morgan fingerprint density at radius 1 is 1.26 bits per heavy atom. The quantitative estimate of drug-likeness (QED) is 0.920. The lowest BCUT2D eigenvalue weighted by Crippen LogP contribution is -2.04. The first kappa shape index (κ1) is 13.4. The maximum atomic E-state index is 11.1. The van der Waals surface area contributed by atoms with Crippen LogP contribution < -0.4 is 4.74 Å². The number of aryl methyl sites for hydroxylation is 1. The fourth-order valence-electron chi connectivity index (χ4n) is 1.79. The summed E-state index contributed by atoms with van der Waals surface area (Å²) >= 11 is 5.89. The van der Waals surface area contributed by atoms with Gasteiger partial charge in [0.05, 0.1) is 0 Å². The summed E-state index contributed by atoms with van der Waals surface area (Å²) < 4.78 is 5.63. The zero-order valence-corrected chi connectivity index (χ0v) is 11.1. The standard InChI is InChI=1S/C15H13ClO3/c1-10-4-2-7-13(15(17)18)14(10)19-9-11-5-3-6-12(16)8-11/h2-8H,9H2,1H3,(H,17,18). The second kappa shape index (κ2) is 5.76. The average molecular weight is 277 g/mol. The second-order valence-corrected chi connectivity index (χ2v) is 4.61. The van der Waals surface area contributed by atoms with Gasteiger partial charge in [0.2, 0.25) is 0 Å². The average Bonchev–Trinajstić information content (AvgIpc) is 2.37. The smallest absolute Gasteiger partial charge is 0.339 e. The van der Waals surface area contributed by atoms with E-state index in [1.54, 1.807) is 18.2 Å². The summed E-state index contributed by atoms with van der Waals surface area (Å²) in [4.78, 5) is 11.1. The van der Waals surface area contributed by atoms with Crippen molar-refractivity contribution in [2.75, 3.05) is 0 Å². The molecule has 98 valence electrons. The first-order valence-corrected chi connectivity index (χ1v) is 6.16. The topological polar surface area (TPSA) is 46.5 Å². The molecule has 4 heteroatoms. The molecular formula is C15H13ClO3. The summed E-state index contributed by atoms with van der Waals surface area (Å²) in [6.07, 6.45) is 0. The fraction of sp³-hybridized carbons (Fsp3) is 0.133. The van der Waals surface area contributed by atoms with Crippen LogP contribution in [0.4, 0.5) is 0 Å². The van der Waals surface area contributed by atoms with Gasteiger partial charge in [-0.2, -0.15) is 0 Å². The van der Waals surface area contributed by atoms with Gasteiger partial charge in [0.25, 0.3) is 0 Å². The Bertz CT molecular complexity index is 608. The van der Waals surface area contributed by atoms with E-state index in [0.717, 1.165) is 11.1 Å². The lowest BCUT2D eigenvalue weighted by atomic mass is 10.1. The van der Waals surface area contributed by atoms with Gasteiger partial charge in [0.15, 0.2) is 0 Å². The number of hydrogen-bond acceptors (Lipinski definition) is 2. The maximum absolute atomic E-state index is 11.1. The highest BCUT2D eigenvalue weighted by Gasteiger charge is 2.13. The van der Waals surface area contributed by atoms with Crippen LogP contribution in [-0.4, -0.2) is 11.1 Å². The summed E-state index contributed by atoms with van der Waals surface area (Å²) in [5.41, 5.74) is 1.86. The van der Waals surface area contributed by atoms with E-state index in [-0.39, 0.29) is 12.2 Å². The maximum Gasteiger partial charge on any atom is 0.339 e. The van der Waals surface area contributed by atoms with Crippen LogP contribution in [0.25, 0.3) is 0 Å². The summed E-state index contributed by atoms with van der Waals surface area (Å²) in [7, 11) is 0. The SMILES string of the molecule is Cc1cccc(C(=O)O)c1OCc1cccc(Cl)c1. The van der Waals surface area contributed by atoms with Crippen LogP contribution >= 0.6 is 11.6 Å². The summed E-state index contributed by atoms with van der Waals surface area (Å²) in [5.74, 6) is -0.597. The predicted molar refractivity (Wildman–Crippen MR) is 73.9 cm³/mol. The number of benzene rings is 2. The molecular weight excluding hydrogens is 264 g/mol. The van der Waals surface area contributed by atoms with E-state index in [1.165, 1.54) is 6.07 Å². The van der Waals surface area contributed by atoms with Crippen molar-refractivity contribution in [3.8, 4) is 5.75 Å². The van der Waals surface area contributed by atoms with Gasteiger partial charge in [-0.25, -0.2) is 4.79 Å². The third-order valence-corrected chi connectivity index (χ3v) is 2.95. The number of aromatic carboxylic acids is 1. The molecule has 0 spiro atoms. The van der Waals surface area contributed by atoms with E-state index in [1.807, 2.05) is 25.1 Å². The van der Waals surface area contributed by atoms with E-state index >= 15 is 0 Å². The molecule has 0 heterocycles. The molecule has 2 aromatic rings. The monoisotopic (exact) mass is 276 g/mol. The summed E-state index contributed by atoms with van der Waals surface area (Å²) in [6, 6.07) is 12.3. The minimum absolute atomic E-state index is 0.169. The van der Waals surface area contributed by atoms with Crippen LogP contribution in [0.2, 0.25) is 5.02 Å². The lowest BCUT2D eigenvalue weighted by molar-refractivity contribution is 0.0691. The number of halogens is 1. The normalized spacial score (nSPS) is 10.2. The zero-order chi connectivity index (χ0) is 13.8. The van der Waals surface area contributed by atoms with Gasteiger partial charge in [-0.3, -0.25) is 0 Å². The Balaban J connectivity index is 2.22. The van der Waals surface area contributed by atoms with Crippen molar-refractivity contribution in [3.63, 3.8) is 0 Å². The van der Waals surface area contributed by atoms with Crippen LogP contribution in [0.15, 0.2) is 42.5 Å². The Kier molecular flexibility index (Phi) is 4.07. The van der Waals surface area contributed by atoms with Crippen molar-refractivity contribution in [1.82, 2.24) is 0 Å². The van der Waals surface area contributed by atoms with Crippen LogP contribution in [0.3, 0.4) is 0 Å². The van der Waals surface area contributed by atoms with Gasteiger partial charge in [-0.15, -0.1) is 0 Å². The molecule has 0 aliphatic heterocycles. The number of carboxylic acids is 1. The van der Waals surface area contributed by atoms with Crippen LogP contribution in [0, 0.1) is 6.92 Å². The Labute approximate surface area is 116 Å². The number of rotatable bonds is 4. The third kappa shape index (κ3) is 3.26. The molecule has 0 radical (unpaired) electrons. The van der Waals surface area contributed by atoms with Gasteiger partial charge < -0.3 is 9.84 Å². The molecule has 0 aliphatic rings. The molecule has 0 fully saturated rings. The predicted octanol–water partition coefficient (Wildman–Crippen LogP) is 3.93. The summed E-state index contributed by atoms with van der Waals surface area (Å²) in [5, 5.41) is 9.76. The van der Waals surface area contributed by atoms with E-state index in [9.17, 15) is 4.79 Å². The number of hydrogen-bond donors (Lipinski definition) is 1. The van der Waals surface area contributed by atoms with Gasteiger partial charge in [0, 0.05) is 5.02 Å². The fourth-order valence-corrected chi connectivity index (χ4v) is 2.01. The molecule has 0 aliphatic carbocycles. The van der Waals surface area contributed by atoms with Crippen molar-refractivity contribution in [2.45, 2.75) is 13.5 Å². The van der Waals surface area contributed by atoms with Gasteiger partial charge in [0.1, 0.15) is 17.9 Å². The van der Waals surface area contributed by atoms with Crippen LogP contribution in [-0.2, 0) is 6.61 Å². The minimum Gasteiger partial charge on any atom is -0.488 e. The molecule has 0 amide bonds. The van der Waals surface area contributed by atoms with Crippen molar-refractivity contribution >= 4 is 17.6 Å². The first-order chi connectivity index (χ1) is 9.08. The van der Waals surface area contributed by atoms with Gasteiger partial charge in [-0.1, -0.05) is 35.9 Å². The minimum atomic E-state index is -0.996. The third-order valence-electron chi connectivity index (χ3n) is 2.71. The summed E-state index contributed by atoms with van der Waals surface area (Å²) in [6.45, 7) is 2.10. The van der Waals surface area contributed by atoms with E-state index in [0.29, 0.717) is 10.8 Å². The van der Waals surface area contributed by atoms with E-state index < -0.39 is 5.97 Å². The molecule has 3 nitrogen and oxygen atoms in total. The molecule has 0 bridgehead atoms. The highest BCUT2D eigenvalue weighted by atomic mass is 35.5. The molecule has 19 heavy (non-hydrogen) atoms. The Morgan fingerprint density at radius 2 is 2.00 bits per heavy atom. The number of carboxylic acid groups (broad SMARTS) is 1. The largest absolute Gasteiger partial charge is 0.488 e. The van der Waals surface area contributed by atoms with Crippen LogP contribution in [0.5, 0.6) is 5.75 Å². The van der Waals surface area contributed by atoms with Crippen molar-refractivity contribution in [1.29, 1.82) is 0 Å². The van der Waals surface area contributed by atoms with Crippen LogP contribution in [0.1, 0.15) is 21.5 Å². The molecule has 1 N–H and O–H groups in total. The van der Waals surface area contributed by atoms with Gasteiger partial charge in [-0.05, 0) is 36.2 Å². The zero-order valence-electron chi connectivity index (χ0n) is 10.4. The van der Waals surface area contributed by atoms with E-state index in [4.69, 9.17) is 21.4 Å². The van der Waals surface area contributed by atoms with Crippen molar-refractivity contribution < 1.29 is 14.6 Å². The van der Waals surface area contributed by atoms with E-state index in [2.05, 4.69) is 0 Å². The molecule has 2 rings (SSSR count). The molecule has 0 saturated carbocycles. The molecule has 0 aromatic heterocycles. The highest BCUT2D eigenvalue weighted by Crippen LogP contribution is 2.24. The first-order valence-electron chi connectivity index (χ1n) is 5.78. The Morgan fingerprint density at radius 3 is 2.68 bits per heavy atom. The number of ether oxygens (including phenoxy) is 1. The molecule has 0 saturated heterocycles. The second-order valence-electron chi connectivity index (χ2n) is 4.18. The highest BCUT2D eigenvalue weighted by molar-refractivity contribution is 6.30.